The SMILES string of the molecule is Cc1ccc(S(=O)(=O)Nc2ccc(C(=O)N(C)CCN3CCCC3)cc2)cc1C. The predicted octanol–water partition coefficient (Wildman–Crippen LogP) is 3.27. The number of anilines is 1. The number of hydrogen-bond acceptors (Lipinski definition) is 4. The average Bonchev–Trinajstić information content (AvgIpc) is 3.21. The van der Waals surface area contributed by atoms with E-state index in [1.807, 2.05) is 13.8 Å². The summed E-state index contributed by atoms with van der Waals surface area (Å²) in [6.07, 6.45) is 2.47. The number of benzene rings is 2. The molecule has 156 valence electrons. The number of sulfonamides is 1. The molecule has 0 aliphatic carbocycles. The number of nitrogens with one attached hydrogen (secondary N) is 1. The molecule has 1 heterocycles. The van der Waals surface area contributed by atoms with Gasteiger partial charge in [-0.3, -0.25) is 9.52 Å². The molecule has 6 nitrogen and oxygen atoms in total. The summed E-state index contributed by atoms with van der Waals surface area (Å²) in [5.41, 5.74) is 2.94. The Bertz CT molecular complexity index is 965. The second-order valence-electron chi connectivity index (χ2n) is 7.70. The number of carbonyl (C=O) groups is 1. The zero-order chi connectivity index (χ0) is 21.0. The molecule has 0 aromatic heterocycles. The van der Waals surface area contributed by atoms with E-state index in [2.05, 4.69) is 9.62 Å². The standard InChI is InChI=1S/C22H29N3O3S/c1-17-6-11-21(16-18(17)2)29(27,28)23-20-9-7-19(8-10-20)22(26)24(3)14-15-25-12-4-5-13-25/h6-11,16,23H,4-5,12-15H2,1-3H3. The van der Waals surface area contributed by atoms with E-state index in [9.17, 15) is 13.2 Å². The molecule has 1 fully saturated rings. The Hall–Kier alpha value is -2.38. The van der Waals surface area contributed by atoms with E-state index in [1.54, 1.807) is 54.4 Å². The van der Waals surface area contributed by atoms with Gasteiger partial charge in [-0.05, 0) is 87.3 Å². The van der Waals surface area contributed by atoms with Crippen LogP contribution in [-0.4, -0.2) is 57.4 Å². The number of likely N-dealkylation sites (N-methyl/N-ethyl adjacent to an activating group) is 1. The van der Waals surface area contributed by atoms with Gasteiger partial charge in [-0.25, -0.2) is 8.42 Å². The summed E-state index contributed by atoms with van der Waals surface area (Å²) in [6, 6.07) is 11.6. The minimum absolute atomic E-state index is 0.0623. The van der Waals surface area contributed by atoms with Crippen molar-refractivity contribution in [3.8, 4) is 0 Å². The molecule has 1 aliphatic heterocycles. The summed E-state index contributed by atoms with van der Waals surface area (Å²) in [4.78, 5) is 16.9. The quantitative estimate of drug-likeness (QED) is 0.754. The molecule has 1 N–H and O–H groups in total. The lowest BCUT2D eigenvalue weighted by atomic mass is 10.1. The van der Waals surface area contributed by atoms with Gasteiger partial charge >= 0.3 is 0 Å². The molecule has 29 heavy (non-hydrogen) atoms. The number of likely N-dealkylation sites (tertiary alicyclic amines) is 1. The molecule has 0 atom stereocenters. The van der Waals surface area contributed by atoms with Crippen LogP contribution in [0.4, 0.5) is 5.69 Å². The van der Waals surface area contributed by atoms with Crippen molar-refractivity contribution in [2.24, 2.45) is 0 Å². The van der Waals surface area contributed by atoms with Gasteiger partial charge in [-0.1, -0.05) is 6.07 Å². The van der Waals surface area contributed by atoms with E-state index >= 15 is 0 Å². The number of carbonyl (C=O) groups excluding carboxylic acids is 1. The Balaban J connectivity index is 1.62. The Kier molecular flexibility index (Phi) is 6.59. The molecule has 0 saturated carbocycles. The fourth-order valence-corrected chi connectivity index (χ4v) is 4.54. The summed E-state index contributed by atoms with van der Waals surface area (Å²) in [7, 11) is -1.87. The van der Waals surface area contributed by atoms with Crippen LogP contribution in [0.25, 0.3) is 0 Å². The fraction of sp³-hybridized carbons (Fsp3) is 0.409. The maximum Gasteiger partial charge on any atom is 0.261 e. The monoisotopic (exact) mass is 415 g/mol. The highest BCUT2D eigenvalue weighted by molar-refractivity contribution is 7.92. The first kappa shape index (κ1) is 21.3. The molecule has 2 aromatic rings. The Morgan fingerprint density at radius 3 is 2.31 bits per heavy atom. The summed E-state index contributed by atoms with van der Waals surface area (Å²) in [5, 5.41) is 0. The zero-order valence-corrected chi connectivity index (χ0v) is 18.1. The lowest BCUT2D eigenvalue weighted by Crippen LogP contribution is -2.35. The second-order valence-corrected chi connectivity index (χ2v) is 9.39. The molecular weight excluding hydrogens is 386 g/mol. The maximum atomic E-state index is 12.6. The van der Waals surface area contributed by atoms with Crippen LogP contribution >= 0.6 is 0 Å². The Morgan fingerprint density at radius 1 is 1.03 bits per heavy atom. The van der Waals surface area contributed by atoms with Gasteiger partial charge in [0.25, 0.3) is 15.9 Å². The second kappa shape index (κ2) is 8.97. The Morgan fingerprint density at radius 2 is 1.69 bits per heavy atom. The van der Waals surface area contributed by atoms with Crippen molar-refractivity contribution >= 4 is 21.6 Å². The van der Waals surface area contributed by atoms with E-state index in [0.29, 0.717) is 17.8 Å². The summed E-state index contributed by atoms with van der Waals surface area (Å²) in [6.45, 7) is 7.61. The molecule has 7 heteroatoms. The smallest absolute Gasteiger partial charge is 0.261 e. The van der Waals surface area contributed by atoms with Gasteiger partial charge < -0.3 is 9.80 Å². The lowest BCUT2D eigenvalue weighted by Gasteiger charge is -2.21. The van der Waals surface area contributed by atoms with Gasteiger partial charge in [-0.15, -0.1) is 0 Å². The first-order valence-corrected chi connectivity index (χ1v) is 11.4. The van der Waals surface area contributed by atoms with Crippen LogP contribution < -0.4 is 4.72 Å². The number of hydrogen-bond donors (Lipinski definition) is 1. The molecule has 0 radical (unpaired) electrons. The first-order chi connectivity index (χ1) is 13.8. The van der Waals surface area contributed by atoms with Crippen LogP contribution in [0.5, 0.6) is 0 Å². The van der Waals surface area contributed by atoms with Gasteiger partial charge in [0.05, 0.1) is 4.90 Å². The highest BCUT2D eigenvalue weighted by Crippen LogP contribution is 2.19. The van der Waals surface area contributed by atoms with Crippen LogP contribution in [0.1, 0.15) is 34.3 Å². The van der Waals surface area contributed by atoms with Crippen molar-refractivity contribution in [1.29, 1.82) is 0 Å². The largest absolute Gasteiger partial charge is 0.340 e. The molecular formula is C22H29N3O3S. The van der Waals surface area contributed by atoms with E-state index in [4.69, 9.17) is 0 Å². The van der Waals surface area contributed by atoms with Gasteiger partial charge in [0.2, 0.25) is 0 Å². The number of amides is 1. The highest BCUT2D eigenvalue weighted by atomic mass is 32.2. The normalized spacial score (nSPS) is 14.7. The minimum Gasteiger partial charge on any atom is -0.340 e. The third-order valence-corrected chi connectivity index (χ3v) is 6.85. The van der Waals surface area contributed by atoms with Crippen LogP contribution in [-0.2, 0) is 10.0 Å². The number of rotatable bonds is 7. The van der Waals surface area contributed by atoms with Crippen molar-refractivity contribution in [1.82, 2.24) is 9.80 Å². The van der Waals surface area contributed by atoms with E-state index in [-0.39, 0.29) is 10.8 Å². The molecule has 1 amide bonds. The highest BCUT2D eigenvalue weighted by Gasteiger charge is 2.17. The molecule has 1 saturated heterocycles. The van der Waals surface area contributed by atoms with Gasteiger partial charge in [-0.2, -0.15) is 0 Å². The van der Waals surface area contributed by atoms with Crippen molar-refractivity contribution in [3.63, 3.8) is 0 Å². The average molecular weight is 416 g/mol. The lowest BCUT2D eigenvalue weighted by molar-refractivity contribution is 0.0782. The van der Waals surface area contributed by atoms with Crippen molar-refractivity contribution in [2.45, 2.75) is 31.6 Å². The first-order valence-electron chi connectivity index (χ1n) is 9.94. The van der Waals surface area contributed by atoms with Crippen LogP contribution in [0.15, 0.2) is 47.4 Å². The van der Waals surface area contributed by atoms with E-state index in [1.165, 1.54) is 12.8 Å². The number of aryl methyl sites for hydroxylation is 2. The fourth-order valence-electron chi connectivity index (χ4n) is 3.40. The predicted molar refractivity (Wildman–Crippen MR) is 116 cm³/mol. The third-order valence-electron chi connectivity index (χ3n) is 5.47. The van der Waals surface area contributed by atoms with Crippen molar-refractivity contribution in [2.75, 3.05) is 37.9 Å². The maximum absolute atomic E-state index is 12.6. The molecule has 2 aromatic carbocycles. The van der Waals surface area contributed by atoms with Crippen molar-refractivity contribution in [3.05, 3.63) is 59.2 Å². The van der Waals surface area contributed by atoms with Gasteiger partial charge in [0.15, 0.2) is 0 Å². The van der Waals surface area contributed by atoms with Crippen LogP contribution in [0, 0.1) is 13.8 Å². The third kappa shape index (κ3) is 5.36. The Labute approximate surface area is 173 Å². The number of nitrogens with zero attached hydrogens (tertiary/aromatic N) is 2. The van der Waals surface area contributed by atoms with Gasteiger partial charge in [0, 0.05) is 31.4 Å². The van der Waals surface area contributed by atoms with E-state index in [0.717, 1.165) is 30.8 Å². The van der Waals surface area contributed by atoms with Crippen LogP contribution in [0.2, 0.25) is 0 Å². The van der Waals surface area contributed by atoms with E-state index < -0.39 is 10.0 Å². The molecule has 0 spiro atoms. The molecule has 3 rings (SSSR count). The summed E-state index contributed by atoms with van der Waals surface area (Å²) < 4.78 is 27.8. The van der Waals surface area contributed by atoms with Gasteiger partial charge in [0.1, 0.15) is 0 Å². The summed E-state index contributed by atoms with van der Waals surface area (Å²) in [5.74, 6) is -0.0623. The van der Waals surface area contributed by atoms with Crippen LogP contribution in [0.3, 0.4) is 0 Å². The molecule has 1 aliphatic rings. The summed E-state index contributed by atoms with van der Waals surface area (Å²) >= 11 is 0. The zero-order valence-electron chi connectivity index (χ0n) is 17.3. The topological polar surface area (TPSA) is 69.7 Å². The van der Waals surface area contributed by atoms with Crippen molar-refractivity contribution < 1.29 is 13.2 Å². The molecule has 0 unspecified atom stereocenters. The minimum atomic E-state index is -3.67. The molecule has 0 bridgehead atoms.